The largest absolute Gasteiger partial charge is 0.497 e. The van der Waals surface area contributed by atoms with Crippen molar-refractivity contribution in [2.45, 2.75) is 13.5 Å². The van der Waals surface area contributed by atoms with E-state index in [4.69, 9.17) is 14.4 Å². The molecule has 1 aromatic heterocycles. The number of ether oxygens (including phenoxy) is 1. The molecule has 0 saturated heterocycles. The molecule has 0 aliphatic heterocycles. The maximum atomic E-state index is 9.02. The molecule has 0 aliphatic carbocycles. The van der Waals surface area contributed by atoms with E-state index in [-0.39, 0.29) is 5.69 Å². The van der Waals surface area contributed by atoms with Crippen molar-refractivity contribution in [3.63, 3.8) is 0 Å². The molecule has 0 amide bonds. The van der Waals surface area contributed by atoms with Crippen molar-refractivity contribution in [3.8, 4) is 11.8 Å². The van der Waals surface area contributed by atoms with E-state index in [9.17, 15) is 0 Å². The molecule has 0 atom stereocenters. The van der Waals surface area contributed by atoms with Crippen molar-refractivity contribution in [2.24, 2.45) is 0 Å². The minimum atomic E-state index is 0.233. The first-order valence-electron chi connectivity index (χ1n) is 6.07. The van der Waals surface area contributed by atoms with E-state index in [1.807, 2.05) is 30.3 Å². The standard InChI is InChI=1S/C15H15N3O2/c1-10(2)14-18-13(8-16)15(20-14)17-9-11-4-6-12(19-3)7-5-11/h4-7,17H,1,9H2,2-3H3. The number of oxazole rings is 1. The Hall–Kier alpha value is -2.74. The van der Waals surface area contributed by atoms with Crippen LogP contribution in [0.15, 0.2) is 35.3 Å². The van der Waals surface area contributed by atoms with Crippen LogP contribution in [0.1, 0.15) is 24.1 Å². The van der Waals surface area contributed by atoms with Crippen molar-refractivity contribution < 1.29 is 9.15 Å². The van der Waals surface area contributed by atoms with Crippen molar-refractivity contribution in [1.29, 1.82) is 5.26 Å². The lowest BCUT2D eigenvalue weighted by Crippen LogP contribution is -1.99. The molecule has 0 spiro atoms. The summed E-state index contributed by atoms with van der Waals surface area (Å²) in [5.74, 6) is 1.54. The lowest BCUT2D eigenvalue weighted by atomic mass is 10.2. The third-order valence-electron chi connectivity index (χ3n) is 2.71. The molecule has 5 nitrogen and oxygen atoms in total. The molecule has 0 radical (unpaired) electrons. The summed E-state index contributed by atoms with van der Waals surface area (Å²) in [7, 11) is 1.63. The summed E-state index contributed by atoms with van der Waals surface area (Å²) in [6.07, 6.45) is 0. The zero-order chi connectivity index (χ0) is 14.5. The highest BCUT2D eigenvalue weighted by Gasteiger charge is 2.12. The number of benzene rings is 1. The van der Waals surface area contributed by atoms with Gasteiger partial charge in [-0.05, 0) is 24.6 Å². The Bertz CT molecular complexity index is 651. The molecule has 1 heterocycles. The molecule has 0 saturated carbocycles. The lowest BCUT2D eigenvalue weighted by molar-refractivity contribution is 0.414. The van der Waals surface area contributed by atoms with Crippen molar-refractivity contribution in [1.82, 2.24) is 4.98 Å². The van der Waals surface area contributed by atoms with Crippen LogP contribution in [0.4, 0.5) is 5.88 Å². The summed E-state index contributed by atoms with van der Waals surface area (Å²) in [4.78, 5) is 4.06. The van der Waals surface area contributed by atoms with Gasteiger partial charge in [-0.25, -0.2) is 0 Å². The normalized spacial score (nSPS) is 9.85. The van der Waals surface area contributed by atoms with Crippen LogP contribution in [-0.2, 0) is 6.54 Å². The van der Waals surface area contributed by atoms with Crippen LogP contribution in [0, 0.1) is 11.3 Å². The number of methoxy groups -OCH3 is 1. The fraction of sp³-hybridized carbons (Fsp3) is 0.200. The average molecular weight is 269 g/mol. The molecule has 20 heavy (non-hydrogen) atoms. The predicted octanol–water partition coefficient (Wildman–Crippen LogP) is 3.20. The van der Waals surface area contributed by atoms with Gasteiger partial charge in [0.05, 0.1) is 7.11 Å². The Morgan fingerprint density at radius 2 is 2.15 bits per heavy atom. The number of nitrogens with zero attached hydrogens (tertiary/aromatic N) is 2. The van der Waals surface area contributed by atoms with E-state index in [0.29, 0.717) is 23.9 Å². The first-order chi connectivity index (χ1) is 9.63. The van der Waals surface area contributed by atoms with Gasteiger partial charge in [0.1, 0.15) is 11.8 Å². The van der Waals surface area contributed by atoms with E-state index < -0.39 is 0 Å². The molecule has 102 valence electrons. The van der Waals surface area contributed by atoms with Gasteiger partial charge in [0.25, 0.3) is 0 Å². The van der Waals surface area contributed by atoms with E-state index in [1.54, 1.807) is 14.0 Å². The molecule has 0 bridgehead atoms. The molecular weight excluding hydrogens is 254 g/mol. The first kappa shape index (κ1) is 13.7. The summed E-state index contributed by atoms with van der Waals surface area (Å²) >= 11 is 0. The molecule has 5 heteroatoms. The number of allylic oxidation sites excluding steroid dienone is 1. The van der Waals surface area contributed by atoms with Crippen LogP contribution in [0.2, 0.25) is 0 Å². The Morgan fingerprint density at radius 1 is 1.45 bits per heavy atom. The van der Waals surface area contributed by atoms with Gasteiger partial charge in [0, 0.05) is 12.1 Å². The monoisotopic (exact) mass is 269 g/mol. The van der Waals surface area contributed by atoms with Crippen LogP contribution >= 0.6 is 0 Å². The topological polar surface area (TPSA) is 71.1 Å². The van der Waals surface area contributed by atoms with E-state index in [2.05, 4.69) is 16.9 Å². The van der Waals surface area contributed by atoms with Crippen LogP contribution in [0.3, 0.4) is 0 Å². The number of hydrogen-bond acceptors (Lipinski definition) is 5. The predicted molar refractivity (Wildman–Crippen MR) is 76.2 cm³/mol. The third kappa shape index (κ3) is 2.98. The lowest BCUT2D eigenvalue weighted by Gasteiger charge is -2.04. The van der Waals surface area contributed by atoms with Crippen LogP contribution in [0.5, 0.6) is 5.75 Å². The highest BCUT2D eigenvalue weighted by atomic mass is 16.5. The van der Waals surface area contributed by atoms with Gasteiger partial charge in [-0.1, -0.05) is 18.7 Å². The van der Waals surface area contributed by atoms with E-state index in [0.717, 1.165) is 11.3 Å². The first-order valence-corrected chi connectivity index (χ1v) is 6.07. The molecular formula is C15H15N3O2. The molecule has 2 rings (SSSR count). The second kappa shape index (κ2) is 5.93. The van der Waals surface area contributed by atoms with E-state index >= 15 is 0 Å². The van der Waals surface area contributed by atoms with Crippen molar-refractivity contribution >= 4 is 11.5 Å². The number of nitriles is 1. The summed E-state index contributed by atoms with van der Waals surface area (Å²) in [6, 6.07) is 9.63. The number of hydrogen-bond donors (Lipinski definition) is 1. The Morgan fingerprint density at radius 3 is 2.70 bits per heavy atom. The summed E-state index contributed by atoms with van der Waals surface area (Å²) in [5, 5.41) is 12.1. The summed E-state index contributed by atoms with van der Waals surface area (Å²) < 4.78 is 10.6. The minimum absolute atomic E-state index is 0.233. The van der Waals surface area contributed by atoms with Gasteiger partial charge < -0.3 is 14.5 Å². The maximum Gasteiger partial charge on any atom is 0.232 e. The highest BCUT2D eigenvalue weighted by molar-refractivity contribution is 5.57. The molecule has 1 aromatic carbocycles. The molecule has 0 aliphatic rings. The van der Waals surface area contributed by atoms with Crippen LogP contribution in [-0.4, -0.2) is 12.1 Å². The molecule has 0 fully saturated rings. The third-order valence-corrected chi connectivity index (χ3v) is 2.71. The minimum Gasteiger partial charge on any atom is -0.497 e. The van der Waals surface area contributed by atoms with Crippen LogP contribution in [0.25, 0.3) is 5.57 Å². The number of anilines is 1. The molecule has 1 N–H and O–H groups in total. The zero-order valence-electron chi connectivity index (χ0n) is 11.4. The summed E-state index contributed by atoms with van der Waals surface area (Å²) in [6.45, 7) is 6.05. The summed E-state index contributed by atoms with van der Waals surface area (Å²) in [5.41, 5.74) is 1.96. The highest BCUT2D eigenvalue weighted by Crippen LogP contribution is 2.21. The fourth-order valence-corrected chi connectivity index (χ4v) is 1.62. The number of aromatic nitrogens is 1. The average Bonchev–Trinajstić information content (AvgIpc) is 2.89. The van der Waals surface area contributed by atoms with E-state index in [1.165, 1.54) is 0 Å². The Labute approximate surface area is 117 Å². The number of rotatable bonds is 5. The van der Waals surface area contributed by atoms with Gasteiger partial charge in [-0.15, -0.1) is 0 Å². The van der Waals surface area contributed by atoms with Crippen molar-refractivity contribution in [3.05, 3.63) is 48.0 Å². The second-order valence-corrected chi connectivity index (χ2v) is 4.29. The fourth-order valence-electron chi connectivity index (χ4n) is 1.62. The van der Waals surface area contributed by atoms with Gasteiger partial charge in [-0.2, -0.15) is 10.2 Å². The van der Waals surface area contributed by atoms with Gasteiger partial charge in [0.15, 0.2) is 0 Å². The molecule has 2 aromatic rings. The zero-order valence-corrected chi connectivity index (χ0v) is 11.4. The van der Waals surface area contributed by atoms with Gasteiger partial charge in [-0.3, -0.25) is 0 Å². The van der Waals surface area contributed by atoms with Crippen molar-refractivity contribution in [2.75, 3.05) is 12.4 Å². The SMILES string of the molecule is C=C(C)c1nc(C#N)c(NCc2ccc(OC)cc2)o1. The number of nitrogens with one attached hydrogen (secondary N) is 1. The maximum absolute atomic E-state index is 9.02. The van der Waals surface area contributed by atoms with Gasteiger partial charge >= 0.3 is 0 Å². The Balaban J connectivity index is 2.10. The van der Waals surface area contributed by atoms with Crippen LogP contribution < -0.4 is 10.1 Å². The molecule has 0 unspecified atom stereocenters. The Kier molecular flexibility index (Phi) is 4.06. The second-order valence-electron chi connectivity index (χ2n) is 4.29. The smallest absolute Gasteiger partial charge is 0.232 e. The quantitative estimate of drug-likeness (QED) is 0.902. The van der Waals surface area contributed by atoms with Gasteiger partial charge in [0.2, 0.25) is 17.5 Å².